The molecule has 1 rings (SSSR count). The molecule has 0 aromatic heterocycles. The minimum absolute atomic E-state index is 0.0832. The van der Waals surface area contributed by atoms with E-state index >= 15 is 0 Å². The number of methoxy groups -OCH3 is 1. The molecular formula is C16H24N2O4. The summed E-state index contributed by atoms with van der Waals surface area (Å²) in [7, 11) is 1.62. The highest BCUT2D eigenvalue weighted by atomic mass is 16.5. The van der Waals surface area contributed by atoms with Gasteiger partial charge in [0.25, 0.3) is 0 Å². The van der Waals surface area contributed by atoms with Gasteiger partial charge in [-0.15, -0.1) is 0 Å². The normalized spacial score (nSPS) is 14.7. The molecule has 0 spiro atoms. The van der Waals surface area contributed by atoms with Gasteiger partial charge < -0.3 is 25.1 Å². The molecule has 3 N–H and O–H groups in total. The van der Waals surface area contributed by atoms with Crippen molar-refractivity contribution < 1.29 is 19.3 Å². The molecule has 0 aliphatic heterocycles. The predicted octanol–water partition coefficient (Wildman–Crippen LogP) is 1.33. The molecule has 1 aromatic rings. The number of ether oxygens (including phenoxy) is 3. The first-order chi connectivity index (χ1) is 10.6. The Labute approximate surface area is 131 Å². The molecule has 0 saturated carbocycles. The van der Waals surface area contributed by atoms with E-state index in [9.17, 15) is 5.11 Å². The molecule has 3 unspecified atom stereocenters. The second-order valence-electron chi connectivity index (χ2n) is 5.11. The Kier molecular flexibility index (Phi) is 8.30. The minimum Gasteiger partial charge on any atom is -0.491 e. The Morgan fingerprint density at radius 1 is 1.18 bits per heavy atom. The average Bonchev–Trinajstić information content (AvgIpc) is 2.53. The van der Waals surface area contributed by atoms with E-state index in [4.69, 9.17) is 25.2 Å². The average molecular weight is 308 g/mol. The summed E-state index contributed by atoms with van der Waals surface area (Å²) in [4.78, 5) is 0. The molecule has 6 heteroatoms. The van der Waals surface area contributed by atoms with Crippen LogP contribution in [0.5, 0.6) is 11.5 Å². The van der Waals surface area contributed by atoms with Crippen molar-refractivity contribution in [2.24, 2.45) is 11.7 Å². The summed E-state index contributed by atoms with van der Waals surface area (Å²) in [6.45, 7) is 2.94. The number of nitrogens with two attached hydrogens (primary N) is 1. The molecule has 6 nitrogen and oxygen atoms in total. The Bertz CT molecular complexity index is 458. The lowest BCUT2D eigenvalue weighted by molar-refractivity contribution is 0.0695. The van der Waals surface area contributed by atoms with Crippen molar-refractivity contribution in [1.82, 2.24) is 0 Å². The van der Waals surface area contributed by atoms with Gasteiger partial charge in [0, 0.05) is 19.6 Å². The molecule has 0 bridgehead atoms. The van der Waals surface area contributed by atoms with Crippen LogP contribution in [0.4, 0.5) is 0 Å². The lowest BCUT2D eigenvalue weighted by atomic mass is 9.95. The van der Waals surface area contributed by atoms with Crippen LogP contribution in [-0.2, 0) is 4.74 Å². The second-order valence-corrected chi connectivity index (χ2v) is 5.11. The maximum Gasteiger partial charge on any atom is 0.119 e. The van der Waals surface area contributed by atoms with Crippen molar-refractivity contribution >= 4 is 0 Å². The Hall–Kier alpha value is -1.81. The van der Waals surface area contributed by atoms with Gasteiger partial charge >= 0.3 is 0 Å². The zero-order valence-electron chi connectivity index (χ0n) is 13.1. The summed E-state index contributed by atoms with van der Waals surface area (Å²) in [6.07, 6.45) is -0.507. The molecule has 3 atom stereocenters. The number of aliphatic hydroxyl groups excluding tert-OH is 1. The fourth-order valence-electron chi connectivity index (χ4n) is 1.83. The SMILES string of the molecule is COCCOc1ccc(OCC(O)C(N)C(C)CC#N)cc1. The summed E-state index contributed by atoms with van der Waals surface area (Å²) in [5.74, 6) is 1.27. The quantitative estimate of drug-likeness (QED) is 0.633. The fourth-order valence-corrected chi connectivity index (χ4v) is 1.83. The number of rotatable bonds is 10. The van der Waals surface area contributed by atoms with Gasteiger partial charge in [-0.25, -0.2) is 0 Å². The molecule has 0 aliphatic carbocycles. The van der Waals surface area contributed by atoms with E-state index in [-0.39, 0.29) is 12.5 Å². The van der Waals surface area contributed by atoms with Gasteiger partial charge in [0.15, 0.2) is 0 Å². The highest BCUT2D eigenvalue weighted by Crippen LogP contribution is 2.18. The van der Waals surface area contributed by atoms with E-state index in [0.29, 0.717) is 25.4 Å². The lowest BCUT2D eigenvalue weighted by Crippen LogP contribution is -2.43. The fraction of sp³-hybridized carbons (Fsp3) is 0.562. The van der Waals surface area contributed by atoms with Crippen molar-refractivity contribution in [3.63, 3.8) is 0 Å². The first kappa shape index (κ1) is 18.2. The van der Waals surface area contributed by atoms with Gasteiger partial charge in [0.1, 0.15) is 30.8 Å². The van der Waals surface area contributed by atoms with Crippen molar-refractivity contribution in [1.29, 1.82) is 5.26 Å². The number of hydrogen-bond donors (Lipinski definition) is 2. The smallest absolute Gasteiger partial charge is 0.119 e. The molecule has 0 aliphatic rings. The highest BCUT2D eigenvalue weighted by Gasteiger charge is 2.21. The third-order valence-corrected chi connectivity index (χ3v) is 3.32. The molecule has 1 aromatic carbocycles. The van der Waals surface area contributed by atoms with Crippen LogP contribution >= 0.6 is 0 Å². The van der Waals surface area contributed by atoms with Crippen LogP contribution in [0.3, 0.4) is 0 Å². The van der Waals surface area contributed by atoms with E-state index in [1.165, 1.54) is 0 Å². The number of hydrogen-bond acceptors (Lipinski definition) is 6. The molecular weight excluding hydrogens is 284 g/mol. The third kappa shape index (κ3) is 6.31. The molecule has 0 saturated heterocycles. The van der Waals surface area contributed by atoms with Gasteiger partial charge in [-0.05, 0) is 30.2 Å². The summed E-state index contributed by atoms with van der Waals surface area (Å²) in [6, 6.07) is 8.66. The second kappa shape index (κ2) is 10.0. The topological polar surface area (TPSA) is 97.7 Å². The highest BCUT2D eigenvalue weighted by molar-refractivity contribution is 5.31. The van der Waals surface area contributed by atoms with Gasteiger partial charge in [-0.1, -0.05) is 6.92 Å². The number of nitrogens with zero attached hydrogens (tertiary/aromatic N) is 1. The number of benzene rings is 1. The summed E-state index contributed by atoms with van der Waals surface area (Å²) >= 11 is 0. The van der Waals surface area contributed by atoms with E-state index < -0.39 is 12.1 Å². The van der Waals surface area contributed by atoms with Gasteiger partial charge in [-0.3, -0.25) is 0 Å². The van der Waals surface area contributed by atoms with E-state index in [0.717, 1.165) is 5.75 Å². The van der Waals surface area contributed by atoms with E-state index in [2.05, 4.69) is 0 Å². The Morgan fingerprint density at radius 2 is 1.77 bits per heavy atom. The lowest BCUT2D eigenvalue weighted by Gasteiger charge is -2.23. The standard InChI is InChI=1S/C16H24N2O4/c1-12(7-8-17)16(18)15(19)11-22-14-5-3-13(4-6-14)21-10-9-20-2/h3-6,12,15-16,19H,7,9-11,18H2,1-2H3. The monoisotopic (exact) mass is 308 g/mol. The molecule has 0 heterocycles. The molecule has 122 valence electrons. The molecule has 22 heavy (non-hydrogen) atoms. The van der Waals surface area contributed by atoms with Crippen molar-refractivity contribution in [3.8, 4) is 17.6 Å². The summed E-state index contributed by atoms with van der Waals surface area (Å²) < 4.78 is 15.8. The Balaban J connectivity index is 2.39. The van der Waals surface area contributed by atoms with Crippen LogP contribution in [0.15, 0.2) is 24.3 Å². The maximum absolute atomic E-state index is 9.98. The van der Waals surface area contributed by atoms with Crippen molar-refractivity contribution in [2.45, 2.75) is 25.5 Å². The maximum atomic E-state index is 9.98. The Morgan fingerprint density at radius 3 is 2.32 bits per heavy atom. The predicted molar refractivity (Wildman–Crippen MR) is 82.7 cm³/mol. The van der Waals surface area contributed by atoms with Crippen LogP contribution in [0, 0.1) is 17.2 Å². The van der Waals surface area contributed by atoms with Crippen LogP contribution in [0.25, 0.3) is 0 Å². The van der Waals surface area contributed by atoms with Crippen molar-refractivity contribution in [2.75, 3.05) is 26.9 Å². The third-order valence-electron chi connectivity index (χ3n) is 3.32. The van der Waals surface area contributed by atoms with Crippen LogP contribution in [0.2, 0.25) is 0 Å². The van der Waals surface area contributed by atoms with E-state index in [1.807, 2.05) is 13.0 Å². The number of aliphatic hydroxyl groups is 1. The number of nitriles is 1. The van der Waals surface area contributed by atoms with Crippen LogP contribution in [-0.4, -0.2) is 44.2 Å². The molecule has 0 amide bonds. The zero-order chi connectivity index (χ0) is 16.4. The molecule has 0 fully saturated rings. The van der Waals surface area contributed by atoms with Crippen LogP contribution in [0.1, 0.15) is 13.3 Å². The summed E-state index contributed by atoms with van der Waals surface area (Å²) in [5, 5.41) is 18.6. The summed E-state index contributed by atoms with van der Waals surface area (Å²) in [5.41, 5.74) is 5.89. The minimum atomic E-state index is -0.819. The zero-order valence-corrected chi connectivity index (χ0v) is 13.1. The van der Waals surface area contributed by atoms with Gasteiger partial charge in [0.05, 0.1) is 12.7 Å². The van der Waals surface area contributed by atoms with E-state index in [1.54, 1.807) is 31.4 Å². The molecule has 0 radical (unpaired) electrons. The van der Waals surface area contributed by atoms with Gasteiger partial charge in [-0.2, -0.15) is 5.26 Å². The largest absolute Gasteiger partial charge is 0.491 e. The van der Waals surface area contributed by atoms with Crippen molar-refractivity contribution in [3.05, 3.63) is 24.3 Å². The van der Waals surface area contributed by atoms with Crippen LogP contribution < -0.4 is 15.2 Å². The first-order valence-corrected chi connectivity index (χ1v) is 7.23. The van der Waals surface area contributed by atoms with Gasteiger partial charge in [0.2, 0.25) is 0 Å². The first-order valence-electron chi connectivity index (χ1n) is 7.23.